The summed E-state index contributed by atoms with van der Waals surface area (Å²) >= 11 is 0. The fourth-order valence-electron chi connectivity index (χ4n) is 7.89. The largest absolute Gasteiger partial charge is 0.512 e. The van der Waals surface area contributed by atoms with Crippen LogP contribution in [0.2, 0.25) is 0 Å². The van der Waals surface area contributed by atoms with Crippen molar-refractivity contribution in [2.45, 2.75) is 121 Å². The van der Waals surface area contributed by atoms with Gasteiger partial charge in [0.15, 0.2) is 5.78 Å². The minimum absolute atomic E-state index is 0. The number of carbonyl (C=O) groups is 1. The summed E-state index contributed by atoms with van der Waals surface area (Å²) in [6.45, 7) is 23.8. The van der Waals surface area contributed by atoms with Crippen molar-refractivity contribution in [3.8, 4) is 22.8 Å². The number of rotatable bonds is 10. The molecule has 2 heterocycles. The Morgan fingerprint density at radius 1 is 0.849 bits per heavy atom. The number of pyridine rings is 1. The minimum atomic E-state index is -0.278. The molecule has 0 unspecified atom stereocenters. The number of fused-ring (bicyclic) bond motifs is 5. The molecule has 0 aliphatic carbocycles. The number of aromatic nitrogens is 1. The molecule has 1 N–H and O–H groups in total. The normalized spacial score (nSPS) is 13.3. The van der Waals surface area contributed by atoms with Gasteiger partial charge in [0.05, 0.1) is 12.9 Å². The van der Waals surface area contributed by atoms with Crippen LogP contribution in [0.5, 0.6) is 11.5 Å². The van der Waals surface area contributed by atoms with Gasteiger partial charge in [0.2, 0.25) is 0 Å². The Labute approximate surface area is 333 Å². The van der Waals surface area contributed by atoms with Crippen molar-refractivity contribution >= 4 is 38.1 Å². The number of hydrogen-bond acceptors (Lipinski definition) is 4. The molecule has 1 aliphatic rings. The van der Waals surface area contributed by atoms with E-state index in [0.717, 1.165) is 89.2 Å². The molecule has 0 atom stereocenters. The van der Waals surface area contributed by atoms with Gasteiger partial charge in [-0.15, -0.1) is 17.5 Å². The molecule has 0 fully saturated rings. The molecule has 1 aromatic heterocycles. The van der Waals surface area contributed by atoms with Crippen LogP contribution in [-0.2, 0) is 37.7 Å². The first-order chi connectivity index (χ1) is 25.0. The van der Waals surface area contributed by atoms with Crippen molar-refractivity contribution < 1.29 is 36.1 Å². The number of aliphatic hydroxyl groups excluding tert-OH is 1. The van der Waals surface area contributed by atoms with E-state index >= 15 is 0 Å². The zero-order chi connectivity index (χ0) is 38.9. The molecule has 4 nitrogen and oxygen atoms in total. The summed E-state index contributed by atoms with van der Waals surface area (Å²) < 4.78 is 15.5. The first kappa shape index (κ1) is 40.7. The molecule has 4 aromatic carbocycles. The molecule has 6 rings (SSSR count). The second-order valence-electron chi connectivity index (χ2n) is 17.1. The third-order valence-corrected chi connectivity index (χ3v) is 11.0. The van der Waals surface area contributed by atoms with E-state index in [9.17, 15) is 9.90 Å². The van der Waals surface area contributed by atoms with E-state index in [1.807, 2.05) is 40.7 Å². The Morgan fingerprint density at radius 3 is 2.08 bits per heavy atom. The second-order valence-corrected chi connectivity index (χ2v) is 17.1. The summed E-state index contributed by atoms with van der Waals surface area (Å²) in [5, 5.41) is 16.5. The topological polar surface area (TPSA) is 59.4 Å². The van der Waals surface area contributed by atoms with E-state index in [0.29, 0.717) is 0 Å². The number of ether oxygens (including phenoxy) is 1. The maximum atomic E-state index is 12.3. The monoisotopic (exact) mass is 892 g/mol. The summed E-state index contributed by atoms with van der Waals surface area (Å²) in [6.07, 6.45) is 7.85. The van der Waals surface area contributed by atoms with Crippen LogP contribution in [0.3, 0.4) is 0 Å². The van der Waals surface area contributed by atoms with Gasteiger partial charge in [-0.1, -0.05) is 129 Å². The van der Waals surface area contributed by atoms with Crippen LogP contribution < -0.4 is 4.74 Å². The number of nitrogens with zero attached hydrogens (tertiary/aromatic N) is 1. The zero-order valence-corrected chi connectivity index (χ0v) is 36.2. The molecule has 0 bridgehead atoms. The van der Waals surface area contributed by atoms with Crippen molar-refractivity contribution in [3.63, 3.8) is 0 Å². The first-order valence-electron chi connectivity index (χ1n) is 20.0. The Kier molecular flexibility index (Phi) is 12.9. The van der Waals surface area contributed by atoms with Crippen LogP contribution in [0.4, 0.5) is 0 Å². The number of aliphatic hydroxyl groups is 1. The van der Waals surface area contributed by atoms with Crippen LogP contribution in [0, 0.1) is 28.2 Å². The Hall–Kier alpha value is -3.53. The van der Waals surface area contributed by atoms with Crippen molar-refractivity contribution in [1.82, 2.24) is 4.98 Å². The Balaban J connectivity index is 0.000000309. The minimum Gasteiger partial charge on any atom is -0.512 e. The maximum Gasteiger partial charge on any atom is 0.165 e. The third-order valence-electron chi connectivity index (χ3n) is 11.0. The summed E-state index contributed by atoms with van der Waals surface area (Å²) in [5.74, 6) is 2.15. The Bertz CT molecular complexity index is 2160. The molecule has 53 heavy (non-hydrogen) atoms. The predicted molar refractivity (Wildman–Crippen MR) is 221 cm³/mol. The van der Waals surface area contributed by atoms with Crippen molar-refractivity contribution in [3.05, 3.63) is 89.8 Å². The van der Waals surface area contributed by atoms with E-state index in [1.54, 1.807) is 0 Å². The summed E-state index contributed by atoms with van der Waals surface area (Å²) in [5.41, 5.74) is 4.11. The average Bonchev–Trinajstić information content (AvgIpc) is 3.09. The van der Waals surface area contributed by atoms with Crippen LogP contribution in [-0.4, -0.2) is 15.9 Å². The standard InChI is InChI=1S/C33H32NO.C15H28O2.Ir/c1-32(2,3)18-21-11-9-13-23-24-14-15-34-30-26-16-20-10-7-8-12-22(20)27(19-33(4,5)6)31(26)35-28(29(24)30)17-25(21)23;1-6-12(7-2)13(16)11-14(17)15(8-3,9-4)10-5;/h7-15,17H,18-19H2,1-6H3;11-12,16H,6-10H2,1-5H3;/q-1;;/b;13-11-;/i15D;;. The van der Waals surface area contributed by atoms with Crippen LogP contribution in [0.25, 0.3) is 43.6 Å². The third kappa shape index (κ3) is 8.90. The molecular weight excluding hydrogens is 831 g/mol. The van der Waals surface area contributed by atoms with Crippen molar-refractivity contribution in [1.29, 1.82) is 0 Å². The predicted octanol–water partition coefficient (Wildman–Crippen LogP) is 13.9. The number of benzene rings is 4. The number of allylic oxidation sites excluding steroid dienone is 2. The fraction of sp³-hybridized carbons (Fsp3) is 0.458. The quantitative estimate of drug-likeness (QED) is 0.0644. The zero-order valence-electron chi connectivity index (χ0n) is 34.8. The molecule has 0 spiro atoms. The number of hydrogen-bond donors (Lipinski definition) is 1. The summed E-state index contributed by atoms with van der Waals surface area (Å²) in [7, 11) is 0. The van der Waals surface area contributed by atoms with E-state index < -0.39 is 0 Å². The van der Waals surface area contributed by atoms with Gasteiger partial charge in [-0.25, -0.2) is 0 Å². The van der Waals surface area contributed by atoms with Gasteiger partial charge in [-0.2, -0.15) is 0 Å². The molecule has 5 aromatic rings. The fourth-order valence-corrected chi connectivity index (χ4v) is 7.89. The summed E-state index contributed by atoms with van der Waals surface area (Å²) in [4.78, 5) is 17.0. The van der Waals surface area contributed by atoms with E-state index in [-0.39, 0.29) is 60.0 Å². The van der Waals surface area contributed by atoms with Gasteiger partial charge in [-0.3, -0.25) is 9.78 Å². The molecular formula is C48H60IrNO3-. The molecule has 285 valence electrons. The van der Waals surface area contributed by atoms with Gasteiger partial charge in [0.1, 0.15) is 5.75 Å². The van der Waals surface area contributed by atoms with Gasteiger partial charge in [0, 0.05) is 54.8 Å². The second kappa shape index (κ2) is 16.9. The molecule has 0 saturated carbocycles. The number of carbonyl (C=O) groups excluding carboxylic acids is 1. The molecule has 1 aliphatic heterocycles. The molecule has 0 amide bonds. The van der Waals surface area contributed by atoms with Crippen molar-refractivity contribution in [2.24, 2.45) is 22.2 Å². The first-order valence-corrected chi connectivity index (χ1v) is 19.5. The van der Waals surface area contributed by atoms with Gasteiger partial charge in [0.25, 0.3) is 0 Å². The van der Waals surface area contributed by atoms with Crippen LogP contribution >= 0.6 is 0 Å². The molecule has 1 radical (unpaired) electrons. The van der Waals surface area contributed by atoms with Gasteiger partial charge < -0.3 is 9.84 Å². The Morgan fingerprint density at radius 2 is 1.47 bits per heavy atom. The van der Waals surface area contributed by atoms with Gasteiger partial charge >= 0.3 is 0 Å². The van der Waals surface area contributed by atoms with Gasteiger partial charge in [-0.05, 0) is 89.6 Å². The number of ketones is 1. The summed E-state index contributed by atoms with van der Waals surface area (Å²) in [6, 6.07) is 22.6. The van der Waals surface area contributed by atoms with E-state index in [2.05, 4.69) is 96.1 Å². The van der Waals surface area contributed by atoms with Crippen LogP contribution in [0.1, 0.15) is 121 Å². The maximum absolute atomic E-state index is 12.3. The molecule has 0 saturated heterocycles. The van der Waals surface area contributed by atoms with E-state index in [1.165, 1.54) is 28.0 Å². The molecule has 5 heteroatoms. The SMILES string of the molecule is CCC(CC)/C(O)=C/C(=O)C(CC)(CC)CC.[2H]c1cc2c3c(cc4c(CC(C)(C)C)cccc42)Oc2c([c-]c4ccccc4c2CC(C)(C)C)-c3n1.[Ir]. The average molecular weight is 892 g/mol. The van der Waals surface area contributed by atoms with Crippen LogP contribution in [0.15, 0.2) is 72.6 Å². The smallest absolute Gasteiger partial charge is 0.165 e. The van der Waals surface area contributed by atoms with E-state index in [4.69, 9.17) is 11.1 Å². The van der Waals surface area contributed by atoms with Crippen molar-refractivity contribution in [2.75, 3.05) is 0 Å².